The predicted molar refractivity (Wildman–Crippen MR) is 443 cm³/mol. The van der Waals surface area contributed by atoms with Gasteiger partial charge in [-0.05, 0) is 154 Å². The van der Waals surface area contributed by atoms with Crippen LogP contribution >= 0.6 is 0 Å². The van der Waals surface area contributed by atoms with Crippen molar-refractivity contribution in [2.75, 3.05) is 9.80 Å². The van der Waals surface area contributed by atoms with Crippen LogP contribution in [0.3, 0.4) is 0 Å². The molecule has 0 atom stereocenters. The van der Waals surface area contributed by atoms with Crippen LogP contribution in [0.1, 0.15) is 66.4 Å². The van der Waals surface area contributed by atoms with Gasteiger partial charge in [-0.1, -0.05) is 354 Å². The lowest BCUT2D eigenvalue weighted by Crippen LogP contribution is -2.61. The van der Waals surface area contributed by atoms with E-state index < -0.39 is 84.0 Å². The zero-order valence-electron chi connectivity index (χ0n) is 70.8. The van der Waals surface area contributed by atoms with E-state index in [2.05, 4.69) is 225 Å². The van der Waals surface area contributed by atoms with Crippen molar-refractivity contribution in [3.8, 4) is 83.6 Å². The smallest absolute Gasteiger partial charge is 0.252 e. The highest BCUT2D eigenvalue weighted by atomic mass is 15.2. The Morgan fingerprint density at radius 3 is 1.31 bits per heavy atom. The number of anilines is 6. The minimum absolute atomic E-state index is 0.0167. The second-order valence-corrected chi connectivity index (χ2v) is 28.4. The van der Waals surface area contributed by atoms with E-state index in [4.69, 9.17) is 1.37 Å². The van der Waals surface area contributed by atoms with Crippen molar-refractivity contribution in [1.29, 1.82) is 0 Å². The number of fused-ring (bicyclic) bond motifs is 10. The molecule has 0 saturated heterocycles. The Morgan fingerprint density at radius 2 is 0.762 bits per heavy atom. The van der Waals surface area contributed by atoms with Gasteiger partial charge in [-0.2, -0.15) is 0 Å². The molecule has 2 aliphatic heterocycles. The van der Waals surface area contributed by atoms with Crippen LogP contribution in [0.2, 0.25) is 0 Å². The fourth-order valence-corrected chi connectivity index (χ4v) is 17.2. The minimum atomic E-state index is -0.867. The van der Waals surface area contributed by atoms with E-state index in [1.165, 1.54) is 0 Å². The third-order valence-corrected chi connectivity index (χ3v) is 21.7. The van der Waals surface area contributed by atoms with Crippen LogP contribution in [0, 0.1) is 0 Å². The van der Waals surface area contributed by atoms with Crippen molar-refractivity contribution in [3.63, 3.8) is 0 Å². The average molecular weight is 1350 g/mol. The molecule has 0 saturated carbocycles. The fraction of sp³-hybridized carbons (Fsp3) is 0.0495. The van der Waals surface area contributed by atoms with Gasteiger partial charge in [0.1, 0.15) is 0 Å². The van der Waals surface area contributed by atoms with Crippen molar-refractivity contribution >= 4 is 79.0 Å². The van der Waals surface area contributed by atoms with E-state index in [1.807, 2.05) is 109 Å². The summed E-state index contributed by atoms with van der Waals surface area (Å²) < 4.78 is 126. The Labute approximate surface area is 632 Å². The first-order valence-electron chi connectivity index (χ1n) is 42.2. The van der Waals surface area contributed by atoms with Gasteiger partial charge >= 0.3 is 0 Å². The summed E-state index contributed by atoms with van der Waals surface area (Å²) in [6, 6.07) is 98.9. The van der Waals surface area contributed by atoms with Crippen molar-refractivity contribution in [2.24, 2.45) is 0 Å². The van der Waals surface area contributed by atoms with Gasteiger partial charge in [0.25, 0.3) is 6.71 Å². The number of hydrogen-bond acceptors (Lipinski definition) is 2. The lowest BCUT2D eigenvalue weighted by molar-refractivity contribution is 0.591. The van der Waals surface area contributed by atoms with E-state index in [9.17, 15) is 16.4 Å². The normalized spacial score (nSPS) is 14.8. The van der Waals surface area contributed by atoms with E-state index in [0.717, 1.165) is 123 Å². The number of rotatable bonds is 11. The Morgan fingerprint density at radius 1 is 0.314 bits per heavy atom. The molecule has 0 amide bonds. The number of nitrogens with zero attached hydrogens (tertiary/aromatic N) is 3. The molecule has 494 valence electrons. The Kier molecular flexibility index (Phi) is 11.6. The van der Waals surface area contributed by atoms with Crippen LogP contribution in [-0.2, 0) is 10.8 Å². The van der Waals surface area contributed by atoms with Crippen molar-refractivity contribution in [2.45, 2.75) is 31.6 Å². The molecule has 0 bridgehead atoms. The third kappa shape index (κ3) is 9.74. The second kappa shape index (κ2) is 24.6. The molecular weight excluding hydrogens is 1270 g/mol. The summed E-state index contributed by atoms with van der Waals surface area (Å²) in [7, 11) is 0. The molecule has 17 aromatic rings. The molecule has 0 radical (unpaired) electrons. The van der Waals surface area contributed by atoms with E-state index in [1.54, 1.807) is 4.57 Å². The van der Waals surface area contributed by atoms with Crippen LogP contribution in [0.15, 0.2) is 382 Å². The standard InChI is InChI=1S/C101H72BN3/c1-100(2,3)76-63-85(70-39-17-7-18-40-70)99(86(64-76)71-41-19-8-20-42-71)105-93-62-73(78-50-31-53-84-81-47-25-28-54-87(81)101(96(78)84,74-43-21-9-22-44-74)75-45-23-10-24-46-75)57-59-88(93)102-89-61-72(67-33-11-4-12-34-67)58-60-92(89)104(98-79(68-35-13-5-14-36-68)51-32-52-80(98)69-37-15-6-16-38-69)94-65-77(66-95(105)97(94)102)103-90-55-29-26-48-82(90)83-49-27-30-56-91(83)103/h4-66H,1-3H3/i4D,11D,12D,26D,27D,29D,30D,33D,34D,48D,49D,55D,56D. The summed E-state index contributed by atoms with van der Waals surface area (Å²) in [5.41, 5.74) is 21.8. The van der Waals surface area contributed by atoms with Crippen molar-refractivity contribution in [3.05, 3.63) is 410 Å². The lowest BCUT2D eigenvalue weighted by Gasteiger charge is -2.46. The molecule has 3 aliphatic rings. The summed E-state index contributed by atoms with van der Waals surface area (Å²) >= 11 is 0. The van der Waals surface area contributed by atoms with Gasteiger partial charge in [0.05, 0.1) is 51.3 Å². The fourth-order valence-electron chi connectivity index (χ4n) is 17.2. The van der Waals surface area contributed by atoms with Gasteiger partial charge in [-0.3, -0.25) is 0 Å². The molecule has 0 fully saturated rings. The molecule has 105 heavy (non-hydrogen) atoms. The van der Waals surface area contributed by atoms with Gasteiger partial charge in [-0.25, -0.2) is 0 Å². The summed E-state index contributed by atoms with van der Waals surface area (Å²) in [4.78, 5) is 4.62. The Balaban J connectivity index is 1.03. The van der Waals surface area contributed by atoms with E-state index in [-0.39, 0.29) is 45.1 Å². The molecule has 3 nitrogen and oxygen atoms in total. The monoisotopic (exact) mass is 1350 g/mol. The lowest BCUT2D eigenvalue weighted by atomic mass is 9.33. The molecule has 20 rings (SSSR count). The van der Waals surface area contributed by atoms with Gasteiger partial charge in [-0.15, -0.1) is 0 Å². The SMILES string of the molecule is [2H]c1c([2H])c([2H])c(-c2ccc3c(c2)B2c4ccc(-c5cccc6c5C(c5ccccc5)(c5ccccc5)c5ccccc5-6)cc4N(c4c(-c5ccccc5)cc(C(C)(C)C)cc4-c4ccccc4)c4cc(-n5c6c([2H])c([2H])c([2H])c([2H])c6c6c([2H])c([2H])c([2H])c([2H])c65)cc(c42)N3c2c(-c3ccccc3)cccc2-c2ccccc2)c([2H])c1[2H]. The zero-order chi connectivity index (χ0) is 81.2. The molecule has 4 heteroatoms. The van der Waals surface area contributed by atoms with E-state index >= 15 is 0 Å². The Bertz CT molecular complexity index is 6810. The number of hydrogen-bond donors (Lipinski definition) is 0. The highest BCUT2D eigenvalue weighted by Crippen LogP contribution is 2.60. The van der Waals surface area contributed by atoms with Crippen LogP contribution in [0.4, 0.5) is 34.1 Å². The van der Waals surface area contributed by atoms with Crippen molar-refractivity contribution < 1.29 is 17.8 Å². The van der Waals surface area contributed by atoms with Crippen LogP contribution in [0.5, 0.6) is 0 Å². The van der Waals surface area contributed by atoms with Crippen LogP contribution in [0.25, 0.3) is 105 Å². The summed E-state index contributed by atoms with van der Waals surface area (Å²) in [6.45, 7) is 5.84. The topological polar surface area (TPSA) is 11.4 Å². The van der Waals surface area contributed by atoms with Gasteiger partial charge in [0.2, 0.25) is 0 Å². The zero-order valence-corrected chi connectivity index (χ0v) is 57.8. The third-order valence-electron chi connectivity index (χ3n) is 21.7. The Hall–Kier alpha value is -13.0. The number of para-hydroxylation sites is 3. The second-order valence-electron chi connectivity index (χ2n) is 28.4. The molecule has 0 unspecified atom stereocenters. The molecular formula is C101H72BN3. The molecule has 1 aromatic heterocycles. The van der Waals surface area contributed by atoms with Gasteiger partial charge in [0.15, 0.2) is 0 Å². The summed E-state index contributed by atoms with van der Waals surface area (Å²) in [6.07, 6.45) is 0. The maximum Gasteiger partial charge on any atom is 0.252 e. The number of benzene rings is 16. The first-order valence-corrected chi connectivity index (χ1v) is 35.7. The predicted octanol–water partition coefficient (Wildman–Crippen LogP) is 24.5. The van der Waals surface area contributed by atoms with E-state index in [0.29, 0.717) is 28.1 Å². The van der Waals surface area contributed by atoms with Crippen LogP contribution < -0.4 is 26.2 Å². The molecule has 0 spiro atoms. The maximum atomic E-state index is 10.2. The quantitative estimate of drug-likeness (QED) is 0.120. The van der Waals surface area contributed by atoms with Gasteiger partial charge < -0.3 is 14.4 Å². The summed E-state index contributed by atoms with van der Waals surface area (Å²) in [5.74, 6) is 0. The molecule has 1 aliphatic carbocycles. The maximum absolute atomic E-state index is 10.2. The minimum Gasteiger partial charge on any atom is -0.310 e. The first kappa shape index (κ1) is 49.5. The highest BCUT2D eigenvalue weighted by Gasteiger charge is 2.50. The van der Waals surface area contributed by atoms with Gasteiger partial charge in [0, 0.05) is 55.8 Å². The molecule has 16 aromatic carbocycles. The highest BCUT2D eigenvalue weighted by molar-refractivity contribution is 7.00. The molecule has 0 N–H and O–H groups in total. The van der Waals surface area contributed by atoms with Crippen LogP contribution in [-0.4, -0.2) is 11.3 Å². The number of aromatic nitrogens is 1. The molecule has 3 heterocycles. The van der Waals surface area contributed by atoms with Crippen molar-refractivity contribution in [1.82, 2.24) is 4.57 Å². The summed E-state index contributed by atoms with van der Waals surface area (Å²) in [5, 5.41) is -0.162. The average Bonchev–Trinajstić information content (AvgIpc) is 1.16. The first-order chi connectivity index (χ1) is 57.2. The largest absolute Gasteiger partial charge is 0.310 e.